The van der Waals surface area contributed by atoms with Crippen LogP contribution in [0.1, 0.15) is 12.5 Å². The van der Waals surface area contributed by atoms with Crippen molar-refractivity contribution in [2.24, 2.45) is 0 Å². The van der Waals surface area contributed by atoms with Gasteiger partial charge in [0.15, 0.2) is 0 Å². The lowest BCUT2D eigenvalue weighted by molar-refractivity contribution is 0.973. The highest BCUT2D eigenvalue weighted by atomic mass is 32.1. The molecule has 0 bridgehead atoms. The van der Waals surface area contributed by atoms with Crippen LogP contribution < -0.4 is 4.90 Å². The maximum absolute atomic E-state index is 4.87. The van der Waals surface area contributed by atoms with E-state index in [-0.39, 0.29) is 0 Å². The first kappa shape index (κ1) is 10.1. The van der Waals surface area contributed by atoms with Gasteiger partial charge in [-0.15, -0.1) is 0 Å². The van der Waals surface area contributed by atoms with Crippen LogP contribution in [0.15, 0.2) is 42.1 Å². The maximum Gasteiger partial charge on any atom is 0.0484 e. The van der Waals surface area contributed by atoms with E-state index in [4.69, 9.17) is 12.2 Å². The average molecular weight is 215 g/mol. The van der Waals surface area contributed by atoms with Gasteiger partial charge < -0.3 is 4.90 Å². The van der Waals surface area contributed by atoms with Gasteiger partial charge in [0.05, 0.1) is 0 Å². The molecule has 0 unspecified atom stereocenters. The Kier molecular flexibility index (Phi) is 2.97. The van der Waals surface area contributed by atoms with Crippen LogP contribution in [-0.2, 0) is 0 Å². The molecule has 2 rings (SSSR count). The third kappa shape index (κ3) is 1.85. The van der Waals surface area contributed by atoms with E-state index in [0.717, 1.165) is 12.2 Å². The monoisotopic (exact) mass is 215 g/mol. The Morgan fingerprint density at radius 2 is 2.07 bits per heavy atom. The molecule has 0 saturated heterocycles. The first-order valence-corrected chi connectivity index (χ1v) is 5.54. The van der Waals surface area contributed by atoms with Crippen LogP contribution in [0.3, 0.4) is 0 Å². The number of fused-ring (bicyclic) bond motifs is 1. The van der Waals surface area contributed by atoms with Crippen LogP contribution in [0.2, 0.25) is 0 Å². The molecule has 0 aliphatic carbocycles. The normalized spacial score (nSPS) is 16.6. The summed E-state index contributed by atoms with van der Waals surface area (Å²) in [5.41, 5.74) is 3.68. The lowest BCUT2D eigenvalue weighted by atomic mass is 10.1. The van der Waals surface area contributed by atoms with E-state index < -0.39 is 0 Å². The van der Waals surface area contributed by atoms with Crippen LogP contribution in [0.25, 0.3) is 6.08 Å². The van der Waals surface area contributed by atoms with Gasteiger partial charge in [-0.25, -0.2) is 0 Å². The van der Waals surface area contributed by atoms with Crippen molar-refractivity contribution < 1.29 is 0 Å². The number of nitrogens with zero attached hydrogens (tertiary/aromatic N) is 1. The zero-order chi connectivity index (χ0) is 10.7. The topological polar surface area (TPSA) is 3.24 Å². The van der Waals surface area contributed by atoms with Crippen molar-refractivity contribution in [3.8, 4) is 0 Å². The summed E-state index contributed by atoms with van der Waals surface area (Å²) >= 11 is 4.87. The van der Waals surface area contributed by atoms with Crippen molar-refractivity contribution in [1.82, 2.24) is 0 Å². The molecule has 0 radical (unpaired) electrons. The van der Waals surface area contributed by atoms with Gasteiger partial charge in [0.1, 0.15) is 0 Å². The highest BCUT2D eigenvalue weighted by Crippen LogP contribution is 2.29. The Hall–Kier alpha value is -1.41. The quantitative estimate of drug-likeness (QED) is 0.549. The lowest BCUT2D eigenvalue weighted by Gasteiger charge is -2.29. The van der Waals surface area contributed by atoms with Gasteiger partial charge in [-0.2, -0.15) is 0 Å². The standard InChI is InChI=1S/C13H13NS/c1-2-14-12(9-10-15)8-7-11-5-3-4-6-13(11)14/h3-10H,2H2,1H3. The molecule has 0 aromatic heterocycles. The lowest BCUT2D eigenvalue weighted by Crippen LogP contribution is -2.23. The Morgan fingerprint density at radius 3 is 2.80 bits per heavy atom. The third-order valence-electron chi connectivity index (χ3n) is 2.53. The number of thiocarbonyl (C=S) groups is 1. The van der Waals surface area contributed by atoms with Crippen molar-refractivity contribution in [2.45, 2.75) is 6.92 Å². The minimum Gasteiger partial charge on any atom is -0.341 e. The summed E-state index contributed by atoms with van der Waals surface area (Å²) in [6.07, 6.45) is 6.20. The number of likely N-dealkylation sites (N-methyl/N-ethyl adjacent to an activating group) is 1. The summed E-state index contributed by atoms with van der Waals surface area (Å²) in [5, 5.41) is 1.66. The van der Waals surface area contributed by atoms with E-state index in [1.54, 1.807) is 5.37 Å². The fourth-order valence-electron chi connectivity index (χ4n) is 1.85. The number of rotatable bonds is 2. The SMILES string of the molecule is CCN1C(=CC=S)C=Cc2ccccc21. The fraction of sp³-hybridized carbons (Fsp3) is 0.154. The number of allylic oxidation sites excluding steroid dienone is 2. The molecular weight excluding hydrogens is 202 g/mol. The number of anilines is 1. The average Bonchev–Trinajstić information content (AvgIpc) is 2.29. The maximum atomic E-state index is 4.87. The van der Waals surface area contributed by atoms with Gasteiger partial charge in [-0.3, -0.25) is 0 Å². The first-order valence-electron chi connectivity index (χ1n) is 5.07. The molecule has 0 fully saturated rings. The van der Waals surface area contributed by atoms with Gasteiger partial charge in [0.2, 0.25) is 0 Å². The molecule has 1 aromatic carbocycles. The Balaban J connectivity index is 2.50. The van der Waals surface area contributed by atoms with Crippen LogP contribution in [0, 0.1) is 0 Å². The molecule has 0 N–H and O–H groups in total. The highest BCUT2D eigenvalue weighted by molar-refractivity contribution is 7.79. The van der Waals surface area contributed by atoms with Crippen molar-refractivity contribution in [1.29, 1.82) is 0 Å². The molecule has 0 atom stereocenters. The van der Waals surface area contributed by atoms with E-state index in [0.29, 0.717) is 0 Å². The first-order chi connectivity index (χ1) is 7.36. The van der Waals surface area contributed by atoms with Gasteiger partial charge in [0, 0.05) is 23.3 Å². The van der Waals surface area contributed by atoms with E-state index in [1.165, 1.54) is 11.3 Å². The zero-order valence-corrected chi connectivity index (χ0v) is 9.50. The predicted octanol–water partition coefficient (Wildman–Crippen LogP) is 3.42. The highest BCUT2D eigenvalue weighted by Gasteiger charge is 2.14. The summed E-state index contributed by atoms with van der Waals surface area (Å²) in [6.45, 7) is 3.10. The number of hydrogen-bond donors (Lipinski definition) is 0. The van der Waals surface area contributed by atoms with Crippen LogP contribution in [-0.4, -0.2) is 11.9 Å². The van der Waals surface area contributed by atoms with Gasteiger partial charge in [0.25, 0.3) is 0 Å². The van der Waals surface area contributed by atoms with Crippen molar-refractivity contribution >= 4 is 29.3 Å². The summed E-state index contributed by atoms with van der Waals surface area (Å²) in [4.78, 5) is 2.26. The molecule has 1 nitrogen and oxygen atoms in total. The molecular formula is C13H13NS. The van der Waals surface area contributed by atoms with E-state index >= 15 is 0 Å². The molecule has 2 heteroatoms. The molecule has 15 heavy (non-hydrogen) atoms. The zero-order valence-electron chi connectivity index (χ0n) is 8.68. The van der Waals surface area contributed by atoms with Crippen LogP contribution in [0.5, 0.6) is 0 Å². The number of benzene rings is 1. The predicted molar refractivity (Wildman–Crippen MR) is 70.2 cm³/mol. The van der Waals surface area contributed by atoms with Crippen molar-refractivity contribution in [3.05, 3.63) is 47.7 Å². The minimum atomic E-state index is 0.955. The fourth-order valence-corrected chi connectivity index (χ4v) is 1.99. The molecule has 1 heterocycles. The molecule has 0 amide bonds. The Labute approximate surface area is 95.7 Å². The van der Waals surface area contributed by atoms with Crippen molar-refractivity contribution in [3.63, 3.8) is 0 Å². The molecule has 1 aromatic rings. The summed E-state index contributed by atoms with van der Waals surface area (Å²) in [7, 11) is 0. The van der Waals surface area contributed by atoms with Gasteiger partial charge in [-0.05, 0) is 30.7 Å². The third-order valence-corrected chi connectivity index (χ3v) is 2.66. The molecule has 1 aliphatic rings. The molecule has 0 saturated carbocycles. The summed E-state index contributed by atoms with van der Waals surface area (Å²) in [6, 6.07) is 8.39. The van der Waals surface area contributed by atoms with Gasteiger partial charge >= 0.3 is 0 Å². The minimum absolute atomic E-state index is 0.955. The molecule has 76 valence electrons. The van der Waals surface area contributed by atoms with E-state index in [1.807, 2.05) is 6.08 Å². The van der Waals surface area contributed by atoms with Crippen molar-refractivity contribution in [2.75, 3.05) is 11.4 Å². The smallest absolute Gasteiger partial charge is 0.0484 e. The number of hydrogen-bond acceptors (Lipinski definition) is 2. The summed E-state index contributed by atoms with van der Waals surface area (Å²) in [5.74, 6) is 0. The van der Waals surface area contributed by atoms with E-state index in [9.17, 15) is 0 Å². The Morgan fingerprint density at radius 1 is 1.27 bits per heavy atom. The number of para-hydroxylation sites is 1. The van der Waals surface area contributed by atoms with Crippen LogP contribution >= 0.6 is 12.2 Å². The van der Waals surface area contributed by atoms with Crippen LogP contribution in [0.4, 0.5) is 5.69 Å². The van der Waals surface area contributed by atoms with Gasteiger partial charge in [-0.1, -0.05) is 36.5 Å². The second-order valence-electron chi connectivity index (χ2n) is 3.36. The second-order valence-corrected chi connectivity index (χ2v) is 3.64. The summed E-state index contributed by atoms with van der Waals surface area (Å²) < 4.78 is 0. The Bertz CT molecular complexity index is 432. The largest absolute Gasteiger partial charge is 0.341 e. The second kappa shape index (κ2) is 4.41. The molecule has 1 aliphatic heterocycles. The van der Waals surface area contributed by atoms with E-state index in [2.05, 4.69) is 48.2 Å². The molecule has 0 spiro atoms.